The van der Waals surface area contributed by atoms with Gasteiger partial charge in [-0.3, -0.25) is 0 Å². The second kappa shape index (κ2) is 5.08. The highest BCUT2D eigenvalue weighted by Crippen LogP contribution is 2.22. The summed E-state index contributed by atoms with van der Waals surface area (Å²) in [4.78, 5) is 0. The van der Waals surface area contributed by atoms with Gasteiger partial charge in [-0.15, -0.1) is 0 Å². The number of rotatable bonds is 3. The van der Waals surface area contributed by atoms with E-state index in [4.69, 9.17) is 0 Å². The van der Waals surface area contributed by atoms with E-state index in [1.54, 1.807) is 12.1 Å². The Balaban J connectivity index is 1.93. The molecule has 94 valence electrons. The first kappa shape index (κ1) is 12.4. The summed E-state index contributed by atoms with van der Waals surface area (Å²) in [6, 6.07) is 6.81. The molecular weight excluding hydrogens is 227 g/mol. The van der Waals surface area contributed by atoms with E-state index in [0.29, 0.717) is 11.5 Å². The normalized spacial score (nSPS) is 20.8. The highest BCUT2D eigenvalue weighted by atomic mass is 19.4. The molecule has 1 aliphatic heterocycles. The van der Waals surface area contributed by atoms with E-state index < -0.39 is 12.6 Å². The molecule has 1 atom stereocenters. The van der Waals surface area contributed by atoms with Crippen molar-refractivity contribution < 1.29 is 13.2 Å². The van der Waals surface area contributed by atoms with Gasteiger partial charge in [-0.2, -0.15) is 13.2 Å². The molecule has 0 amide bonds. The fourth-order valence-corrected chi connectivity index (χ4v) is 2.25. The molecule has 1 aliphatic rings. The molecule has 17 heavy (non-hydrogen) atoms. The lowest BCUT2D eigenvalue weighted by Crippen LogP contribution is -2.12. The Morgan fingerprint density at radius 1 is 1.12 bits per heavy atom. The topological polar surface area (TPSA) is 12.0 Å². The zero-order valence-corrected chi connectivity index (χ0v) is 9.56. The minimum absolute atomic E-state index is 0.339. The lowest BCUT2D eigenvalue weighted by Gasteiger charge is -2.10. The number of hydrogen-bond acceptors (Lipinski definition) is 1. The Kier molecular flexibility index (Phi) is 3.72. The van der Waals surface area contributed by atoms with Gasteiger partial charge in [-0.25, -0.2) is 0 Å². The predicted octanol–water partition coefficient (Wildman–Crippen LogP) is 2.94. The van der Waals surface area contributed by atoms with E-state index >= 15 is 0 Å². The monoisotopic (exact) mass is 243 g/mol. The molecule has 4 heteroatoms. The van der Waals surface area contributed by atoms with Crippen molar-refractivity contribution in [3.05, 3.63) is 35.4 Å². The van der Waals surface area contributed by atoms with E-state index in [-0.39, 0.29) is 0 Å². The first-order valence-electron chi connectivity index (χ1n) is 5.88. The van der Waals surface area contributed by atoms with Gasteiger partial charge in [0.15, 0.2) is 0 Å². The average Bonchev–Trinajstić information content (AvgIpc) is 2.71. The van der Waals surface area contributed by atoms with Gasteiger partial charge < -0.3 is 5.32 Å². The molecule has 2 rings (SSSR count). The van der Waals surface area contributed by atoms with Crippen LogP contribution in [0.3, 0.4) is 0 Å². The molecule has 1 heterocycles. The molecule has 1 aromatic rings. The van der Waals surface area contributed by atoms with Crippen molar-refractivity contribution in [2.24, 2.45) is 5.92 Å². The van der Waals surface area contributed by atoms with Crippen LogP contribution >= 0.6 is 0 Å². The van der Waals surface area contributed by atoms with Crippen LogP contribution in [0.5, 0.6) is 0 Å². The van der Waals surface area contributed by atoms with Crippen LogP contribution in [0.2, 0.25) is 0 Å². The molecule has 1 nitrogen and oxygen atoms in total. The Hall–Kier alpha value is -1.03. The van der Waals surface area contributed by atoms with Crippen LogP contribution in [-0.4, -0.2) is 19.3 Å². The van der Waals surface area contributed by atoms with Crippen molar-refractivity contribution in [1.29, 1.82) is 0 Å². The maximum atomic E-state index is 12.2. The highest BCUT2D eigenvalue weighted by molar-refractivity contribution is 5.23. The largest absolute Gasteiger partial charge is 0.393 e. The van der Waals surface area contributed by atoms with E-state index in [9.17, 15) is 13.2 Å². The molecule has 1 aromatic carbocycles. The quantitative estimate of drug-likeness (QED) is 0.860. The van der Waals surface area contributed by atoms with Crippen LogP contribution in [0, 0.1) is 5.92 Å². The summed E-state index contributed by atoms with van der Waals surface area (Å²) in [5.41, 5.74) is 1.47. The minimum atomic E-state index is -4.11. The SMILES string of the molecule is FC(F)(F)Cc1ccc(CC2CCNC2)cc1. The molecular formula is C13H16F3N. The third-order valence-corrected chi connectivity index (χ3v) is 3.11. The number of halogens is 3. The van der Waals surface area contributed by atoms with Gasteiger partial charge in [0.05, 0.1) is 6.42 Å². The molecule has 0 aliphatic carbocycles. The maximum Gasteiger partial charge on any atom is 0.393 e. The molecule has 0 aromatic heterocycles. The van der Waals surface area contributed by atoms with E-state index in [1.165, 1.54) is 0 Å². The van der Waals surface area contributed by atoms with Gasteiger partial charge >= 0.3 is 6.18 Å². The Morgan fingerprint density at radius 2 is 1.76 bits per heavy atom. The van der Waals surface area contributed by atoms with Crippen LogP contribution in [0.25, 0.3) is 0 Å². The number of benzene rings is 1. The van der Waals surface area contributed by atoms with Gasteiger partial charge in [0, 0.05) is 0 Å². The fraction of sp³-hybridized carbons (Fsp3) is 0.538. The van der Waals surface area contributed by atoms with Crippen molar-refractivity contribution in [2.45, 2.75) is 25.4 Å². The summed E-state index contributed by atoms with van der Waals surface area (Å²) >= 11 is 0. The standard InChI is InChI=1S/C13H16F3N/c14-13(15,16)8-11-3-1-10(2-4-11)7-12-5-6-17-9-12/h1-4,12,17H,5-9H2. The molecule has 0 radical (unpaired) electrons. The fourth-order valence-electron chi connectivity index (χ4n) is 2.25. The van der Waals surface area contributed by atoms with Gasteiger partial charge in [0.25, 0.3) is 0 Å². The van der Waals surface area contributed by atoms with E-state index in [0.717, 1.165) is 31.5 Å². The van der Waals surface area contributed by atoms with Crippen LogP contribution in [0.4, 0.5) is 13.2 Å². The van der Waals surface area contributed by atoms with Crippen LogP contribution < -0.4 is 5.32 Å². The molecule has 1 fully saturated rings. The summed E-state index contributed by atoms with van der Waals surface area (Å²) in [5, 5.41) is 3.29. The summed E-state index contributed by atoms with van der Waals surface area (Å²) in [7, 11) is 0. The molecule has 1 unspecified atom stereocenters. The number of alkyl halides is 3. The van der Waals surface area contributed by atoms with Crippen LogP contribution in [0.15, 0.2) is 24.3 Å². The van der Waals surface area contributed by atoms with Gasteiger partial charge in [-0.1, -0.05) is 24.3 Å². The lowest BCUT2D eigenvalue weighted by molar-refractivity contribution is -0.127. The molecule has 0 saturated carbocycles. The van der Waals surface area contributed by atoms with Crippen molar-refractivity contribution in [2.75, 3.05) is 13.1 Å². The lowest BCUT2D eigenvalue weighted by atomic mass is 9.97. The smallest absolute Gasteiger partial charge is 0.316 e. The van der Waals surface area contributed by atoms with Gasteiger partial charge in [0.2, 0.25) is 0 Å². The molecule has 1 saturated heterocycles. The second-order valence-corrected chi connectivity index (χ2v) is 4.67. The molecule has 0 spiro atoms. The molecule has 1 N–H and O–H groups in total. The zero-order chi connectivity index (χ0) is 12.3. The second-order valence-electron chi connectivity index (χ2n) is 4.67. The van der Waals surface area contributed by atoms with Crippen molar-refractivity contribution in [3.63, 3.8) is 0 Å². The van der Waals surface area contributed by atoms with Gasteiger partial charge in [0.1, 0.15) is 0 Å². The average molecular weight is 243 g/mol. The Labute approximate surface area is 99.0 Å². The Bertz CT molecular complexity index is 350. The molecule has 0 bridgehead atoms. The third kappa shape index (κ3) is 4.04. The minimum Gasteiger partial charge on any atom is -0.316 e. The van der Waals surface area contributed by atoms with Crippen LogP contribution in [-0.2, 0) is 12.8 Å². The van der Waals surface area contributed by atoms with Crippen LogP contribution in [0.1, 0.15) is 17.5 Å². The highest BCUT2D eigenvalue weighted by Gasteiger charge is 2.27. The van der Waals surface area contributed by atoms with Crippen molar-refractivity contribution >= 4 is 0 Å². The summed E-state index contributed by atoms with van der Waals surface area (Å²) in [6.45, 7) is 2.07. The summed E-state index contributed by atoms with van der Waals surface area (Å²) in [5.74, 6) is 0.628. The maximum absolute atomic E-state index is 12.2. The predicted molar refractivity (Wildman–Crippen MR) is 60.9 cm³/mol. The van der Waals surface area contributed by atoms with Crippen molar-refractivity contribution in [3.8, 4) is 0 Å². The van der Waals surface area contributed by atoms with E-state index in [1.807, 2.05) is 12.1 Å². The van der Waals surface area contributed by atoms with E-state index in [2.05, 4.69) is 5.32 Å². The van der Waals surface area contributed by atoms with Crippen molar-refractivity contribution in [1.82, 2.24) is 5.32 Å². The zero-order valence-electron chi connectivity index (χ0n) is 9.56. The first-order valence-corrected chi connectivity index (χ1v) is 5.88. The van der Waals surface area contributed by atoms with Gasteiger partial charge in [-0.05, 0) is 43.0 Å². The summed E-state index contributed by atoms with van der Waals surface area (Å²) < 4.78 is 36.5. The summed E-state index contributed by atoms with van der Waals surface area (Å²) in [6.07, 6.45) is -2.83. The number of hydrogen-bond donors (Lipinski definition) is 1. The Morgan fingerprint density at radius 3 is 2.29 bits per heavy atom. The third-order valence-electron chi connectivity index (χ3n) is 3.11. The first-order chi connectivity index (χ1) is 8.03. The number of nitrogens with one attached hydrogen (secondary N) is 1.